The lowest BCUT2D eigenvalue weighted by Gasteiger charge is -2.05. The number of benzene rings is 2. The summed E-state index contributed by atoms with van der Waals surface area (Å²) in [6.07, 6.45) is 4.19. The van der Waals surface area contributed by atoms with Crippen LogP contribution in [0.4, 0.5) is 0 Å². The van der Waals surface area contributed by atoms with Gasteiger partial charge in [0.2, 0.25) is 5.43 Å². The maximum Gasteiger partial charge on any atom is 0.291 e. The summed E-state index contributed by atoms with van der Waals surface area (Å²) in [7, 11) is 0. The highest BCUT2D eigenvalue weighted by Gasteiger charge is 2.10. The first-order chi connectivity index (χ1) is 14.5. The van der Waals surface area contributed by atoms with Crippen molar-refractivity contribution in [2.75, 3.05) is 0 Å². The molecule has 2 aromatic carbocycles. The lowest BCUT2D eigenvalue weighted by atomic mass is 10.2. The van der Waals surface area contributed by atoms with E-state index >= 15 is 0 Å². The van der Waals surface area contributed by atoms with Crippen LogP contribution in [-0.4, -0.2) is 21.9 Å². The molecule has 0 saturated heterocycles. The van der Waals surface area contributed by atoms with Gasteiger partial charge in [0, 0.05) is 16.2 Å². The van der Waals surface area contributed by atoms with Crippen LogP contribution in [0.1, 0.15) is 21.6 Å². The summed E-state index contributed by atoms with van der Waals surface area (Å²) in [6, 6.07) is 13.6. The van der Waals surface area contributed by atoms with E-state index in [-0.39, 0.29) is 16.7 Å². The van der Waals surface area contributed by atoms with Gasteiger partial charge in [0.15, 0.2) is 5.69 Å². The second kappa shape index (κ2) is 8.52. The predicted molar refractivity (Wildman–Crippen MR) is 115 cm³/mol. The van der Waals surface area contributed by atoms with Crippen molar-refractivity contribution in [3.8, 4) is 0 Å². The molecule has 0 bridgehead atoms. The Morgan fingerprint density at radius 1 is 1.20 bits per heavy atom. The second-order valence-corrected chi connectivity index (χ2v) is 7.19. The van der Waals surface area contributed by atoms with Gasteiger partial charge in [-0.3, -0.25) is 14.3 Å². The van der Waals surface area contributed by atoms with Crippen LogP contribution in [0.2, 0.25) is 10.0 Å². The van der Waals surface area contributed by atoms with E-state index < -0.39 is 5.91 Å². The molecule has 30 heavy (non-hydrogen) atoms. The quantitative estimate of drug-likeness (QED) is 0.373. The smallest absolute Gasteiger partial charge is 0.291 e. The van der Waals surface area contributed by atoms with E-state index in [4.69, 9.17) is 27.6 Å². The van der Waals surface area contributed by atoms with Crippen molar-refractivity contribution in [3.63, 3.8) is 0 Å². The average Bonchev–Trinajstić information content (AvgIpc) is 3.21. The van der Waals surface area contributed by atoms with E-state index in [1.54, 1.807) is 59.4 Å². The number of hydrogen-bond acceptors (Lipinski definition) is 5. The Morgan fingerprint density at radius 3 is 2.87 bits per heavy atom. The van der Waals surface area contributed by atoms with Gasteiger partial charge in [-0.15, -0.1) is 0 Å². The number of fused-ring (bicyclic) bond motifs is 1. The van der Waals surface area contributed by atoms with Crippen LogP contribution in [0.15, 0.2) is 75.3 Å². The van der Waals surface area contributed by atoms with E-state index in [0.717, 1.165) is 5.56 Å². The molecule has 0 aliphatic heterocycles. The van der Waals surface area contributed by atoms with Crippen molar-refractivity contribution in [2.24, 2.45) is 5.10 Å². The monoisotopic (exact) mass is 440 g/mol. The number of carbonyl (C=O) groups excluding carboxylic acids is 1. The maximum absolute atomic E-state index is 12.4. The number of aromatic nitrogens is 2. The Morgan fingerprint density at radius 2 is 2.03 bits per heavy atom. The Labute approximate surface area is 180 Å². The van der Waals surface area contributed by atoms with Gasteiger partial charge >= 0.3 is 0 Å². The number of nitrogens with zero attached hydrogens (tertiary/aromatic N) is 3. The molecule has 2 heterocycles. The van der Waals surface area contributed by atoms with E-state index in [9.17, 15) is 9.59 Å². The maximum atomic E-state index is 12.4. The highest BCUT2D eigenvalue weighted by molar-refractivity contribution is 6.35. The van der Waals surface area contributed by atoms with Crippen molar-refractivity contribution in [3.05, 3.63) is 98.1 Å². The highest BCUT2D eigenvalue weighted by atomic mass is 35.5. The fourth-order valence-corrected chi connectivity index (χ4v) is 3.26. The van der Waals surface area contributed by atoms with Gasteiger partial charge in [-0.2, -0.15) is 10.2 Å². The molecular weight excluding hydrogens is 427 g/mol. The van der Waals surface area contributed by atoms with Crippen LogP contribution in [0, 0.1) is 0 Å². The van der Waals surface area contributed by atoms with Gasteiger partial charge in [0.05, 0.1) is 23.7 Å². The average molecular weight is 441 g/mol. The third-order valence-corrected chi connectivity index (χ3v) is 4.88. The minimum absolute atomic E-state index is 0.169. The zero-order valence-electron chi connectivity index (χ0n) is 15.4. The van der Waals surface area contributed by atoms with E-state index in [0.29, 0.717) is 27.6 Å². The zero-order chi connectivity index (χ0) is 21.1. The molecule has 0 aliphatic rings. The summed E-state index contributed by atoms with van der Waals surface area (Å²) >= 11 is 12.1. The van der Waals surface area contributed by atoms with Crippen molar-refractivity contribution < 1.29 is 9.21 Å². The van der Waals surface area contributed by atoms with Crippen LogP contribution in [0.3, 0.4) is 0 Å². The van der Waals surface area contributed by atoms with E-state index in [1.807, 2.05) is 0 Å². The molecule has 0 atom stereocenters. The molecule has 7 nitrogen and oxygen atoms in total. The van der Waals surface area contributed by atoms with Crippen LogP contribution in [0.5, 0.6) is 0 Å². The number of carbonyl (C=O) groups is 1. The molecule has 1 N–H and O–H groups in total. The van der Waals surface area contributed by atoms with Crippen molar-refractivity contribution in [1.29, 1.82) is 0 Å². The van der Waals surface area contributed by atoms with Gasteiger partial charge in [0.1, 0.15) is 11.8 Å². The van der Waals surface area contributed by atoms with Crippen LogP contribution in [0.25, 0.3) is 11.0 Å². The summed E-state index contributed by atoms with van der Waals surface area (Å²) in [6.45, 7) is 0.380. The van der Waals surface area contributed by atoms with Crippen LogP contribution < -0.4 is 10.9 Å². The molecule has 0 unspecified atom stereocenters. The number of rotatable bonds is 5. The van der Waals surface area contributed by atoms with Gasteiger partial charge in [-0.05, 0) is 35.9 Å². The van der Waals surface area contributed by atoms with Gasteiger partial charge < -0.3 is 4.42 Å². The number of hydrazone groups is 1. The lowest BCUT2D eigenvalue weighted by Crippen LogP contribution is -2.19. The van der Waals surface area contributed by atoms with Crippen LogP contribution in [-0.2, 0) is 6.54 Å². The molecule has 4 aromatic rings. The molecule has 0 aliphatic carbocycles. The number of nitrogens with one attached hydrogen (secondary N) is 1. The summed E-state index contributed by atoms with van der Waals surface area (Å²) in [5, 5.41) is 9.54. The minimum atomic E-state index is -0.516. The molecule has 1 amide bonds. The third-order valence-electron chi connectivity index (χ3n) is 4.30. The predicted octanol–water partition coefficient (Wildman–Crippen LogP) is 4.11. The number of halogens is 2. The largest absolute Gasteiger partial charge is 0.463 e. The molecule has 150 valence electrons. The Kier molecular flexibility index (Phi) is 5.65. The zero-order valence-corrected chi connectivity index (χ0v) is 16.9. The first-order valence-electron chi connectivity index (χ1n) is 8.82. The number of amides is 1. The molecular formula is C21H14Cl2N4O3. The van der Waals surface area contributed by atoms with Crippen molar-refractivity contribution in [1.82, 2.24) is 15.2 Å². The Hall–Kier alpha value is -3.42. The van der Waals surface area contributed by atoms with Crippen molar-refractivity contribution >= 4 is 46.3 Å². The molecule has 0 spiro atoms. The van der Waals surface area contributed by atoms with Crippen molar-refractivity contribution in [2.45, 2.75) is 6.54 Å². The lowest BCUT2D eigenvalue weighted by molar-refractivity contribution is 0.0949. The van der Waals surface area contributed by atoms with E-state index in [2.05, 4.69) is 15.6 Å². The number of para-hydroxylation sites is 1. The van der Waals surface area contributed by atoms with E-state index in [1.165, 1.54) is 12.5 Å². The Balaban J connectivity index is 1.43. The van der Waals surface area contributed by atoms with Gasteiger partial charge in [-0.25, -0.2) is 5.43 Å². The topological polar surface area (TPSA) is 89.5 Å². The van der Waals surface area contributed by atoms with Gasteiger partial charge in [-0.1, -0.05) is 41.4 Å². The molecule has 9 heteroatoms. The standard InChI is InChI=1S/C21H14Cl2N4O3/c22-15-6-5-13(17(23)9-15)11-27-8-7-18(26-27)21(29)25-24-10-14-12-30-19-4-2-1-3-16(19)20(14)28/h1-10,12H,11H2,(H,25,29)/b24-10-. The number of hydrogen-bond donors (Lipinski definition) is 1. The normalized spacial score (nSPS) is 11.3. The highest BCUT2D eigenvalue weighted by Crippen LogP contribution is 2.21. The molecule has 0 radical (unpaired) electrons. The fraction of sp³-hybridized carbons (Fsp3) is 0.0476. The minimum Gasteiger partial charge on any atom is -0.463 e. The molecule has 4 rings (SSSR count). The first kappa shape index (κ1) is 19.9. The fourth-order valence-electron chi connectivity index (χ4n) is 2.80. The summed E-state index contributed by atoms with van der Waals surface area (Å²) in [5.74, 6) is -0.516. The molecule has 0 fully saturated rings. The first-order valence-corrected chi connectivity index (χ1v) is 9.58. The SMILES string of the molecule is O=C(N/N=C\c1coc2ccccc2c1=O)c1ccn(Cc2ccc(Cl)cc2Cl)n1. The Bertz CT molecular complexity index is 1330. The summed E-state index contributed by atoms with van der Waals surface area (Å²) in [4.78, 5) is 24.7. The molecule has 0 saturated carbocycles. The van der Waals surface area contributed by atoms with Crippen LogP contribution >= 0.6 is 23.2 Å². The molecule has 2 aromatic heterocycles. The second-order valence-electron chi connectivity index (χ2n) is 6.35. The third kappa shape index (κ3) is 4.27. The summed E-state index contributed by atoms with van der Waals surface area (Å²) < 4.78 is 6.98. The summed E-state index contributed by atoms with van der Waals surface area (Å²) in [5.41, 5.74) is 3.80. The van der Waals surface area contributed by atoms with Gasteiger partial charge in [0.25, 0.3) is 5.91 Å².